The van der Waals surface area contributed by atoms with Gasteiger partial charge in [0.15, 0.2) is 0 Å². The van der Waals surface area contributed by atoms with Gasteiger partial charge >= 0.3 is 0 Å². The van der Waals surface area contributed by atoms with Crippen LogP contribution in [0.15, 0.2) is 18.2 Å². The molecular formula is C12H17NO2. The van der Waals surface area contributed by atoms with Gasteiger partial charge in [0.25, 0.3) is 0 Å². The highest BCUT2D eigenvalue weighted by atomic mass is 16.5. The van der Waals surface area contributed by atoms with Crippen LogP contribution in [0.3, 0.4) is 0 Å². The molecule has 0 bridgehead atoms. The highest BCUT2D eigenvalue weighted by Gasteiger charge is 2.21. The fourth-order valence-corrected chi connectivity index (χ4v) is 2.16. The fourth-order valence-electron chi connectivity index (χ4n) is 2.16. The van der Waals surface area contributed by atoms with E-state index in [2.05, 4.69) is 5.32 Å². The van der Waals surface area contributed by atoms with Crippen molar-refractivity contribution in [3.8, 4) is 11.5 Å². The minimum Gasteiger partial charge on any atom is -0.507 e. The van der Waals surface area contributed by atoms with Gasteiger partial charge in [-0.1, -0.05) is 12.5 Å². The second-order valence-corrected chi connectivity index (χ2v) is 3.90. The highest BCUT2D eigenvalue weighted by Crippen LogP contribution is 2.36. The molecule has 0 amide bonds. The normalized spacial score (nSPS) is 21.3. The first-order valence-electron chi connectivity index (χ1n) is 5.42. The van der Waals surface area contributed by atoms with Gasteiger partial charge in [0.1, 0.15) is 11.5 Å². The number of phenolic OH excluding ortho intramolecular Hbond substituents is 1. The summed E-state index contributed by atoms with van der Waals surface area (Å²) in [6.07, 6.45) is 3.48. The summed E-state index contributed by atoms with van der Waals surface area (Å²) in [6, 6.07) is 5.65. The smallest absolute Gasteiger partial charge is 0.127 e. The lowest BCUT2D eigenvalue weighted by atomic mass is 9.96. The van der Waals surface area contributed by atoms with Gasteiger partial charge in [0, 0.05) is 6.04 Å². The largest absolute Gasteiger partial charge is 0.507 e. The van der Waals surface area contributed by atoms with E-state index in [-0.39, 0.29) is 6.04 Å². The molecule has 1 atom stereocenters. The first kappa shape index (κ1) is 10.3. The number of nitrogens with one attached hydrogen (secondary N) is 1. The van der Waals surface area contributed by atoms with Crippen molar-refractivity contribution in [1.82, 2.24) is 5.32 Å². The van der Waals surface area contributed by atoms with Crippen LogP contribution < -0.4 is 10.1 Å². The first-order valence-corrected chi connectivity index (χ1v) is 5.42. The van der Waals surface area contributed by atoms with Gasteiger partial charge < -0.3 is 15.2 Å². The van der Waals surface area contributed by atoms with Crippen molar-refractivity contribution >= 4 is 0 Å². The maximum absolute atomic E-state index is 9.85. The van der Waals surface area contributed by atoms with Gasteiger partial charge in [-0.25, -0.2) is 0 Å². The number of phenols is 1. The summed E-state index contributed by atoms with van der Waals surface area (Å²) in [5.74, 6) is 1.10. The second-order valence-electron chi connectivity index (χ2n) is 3.90. The molecule has 0 spiro atoms. The van der Waals surface area contributed by atoms with E-state index in [9.17, 15) is 5.11 Å². The Hall–Kier alpha value is -1.22. The van der Waals surface area contributed by atoms with E-state index in [1.807, 2.05) is 6.07 Å². The fraction of sp³-hybridized carbons (Fsp3) is 0.500. The number of hydrogen-bond donors (Lipinski definition) is 2. The molecule has 1 aromatic rings. The summed E-state index contributed by atoms with van der Waals surface area (Å²) in [5, 5.41) is 13.3. The van der Waals surface area contributed by atoms with E-state index < -0.39 is 0 Å². The van der Waals surface area contributed by atoms with E-state index in [0.29, 0.717) is 5.75 Å². The number of hydrogen-bond acceptors (Lipinski definition) is 3. The minimum absolute atomic E-state index is 0.231. The number of aromatic hydroxyl groups is 1. The number of rotatable bonds is 2. The van der Waals surface area contributed by atoms with Crippen LogP contribution in [0.2, 0.25) is 0 Å². The Labute approximate surface area is 90.1 Å². The van der Waals surface area contributed by atoms with Crippen LogP contribution in [0.4, 0.5) is 0 Å². The molecule has 2 N–H and O–H groups in total. The monoisotopic (exact) mass is 207 g/mol. The van der Waals surface area contributed by atoms with Crippen molar-refractivity contribution in [3.05, 3.63) is 23.8 Å². The molecule has 82 valence electrons. The van der Waals surface area contributed by atoms with Gasteiger partial charge in [-0.05, 0) is 31.5 Å². The summed E-state index contributed by atoms with van der Waals surface area (Å²) in [7, 11) is 1.64. The molecule has 15 heavy (non-hydrogen) atoms. The standard InChI is InChI=1S/C12H17NO2/c1-15-11-7-4-6-10(14)12(11)9-5-2-3-8-13-9/h4,6-7,9,13-14H,2-3,5,8H2,1H3/t9-/m1/s1. The van der Waals surface area contributed by atoms with Crippen molar-refractivity contribution in [1.29, 1.82) is 0 Å². The van der Waals surface area contributed by atoms with Crippen molar-refractivity contribution in [3.63, 3.8) is 0 Å². The molecule has 2 rings (SSSR count). The molecule has 1 heterocycles. The van der Waals surface area contributed by atoms with Crippen LogP contribution in [0.5, 0.6) is 11.5 Å². The first-order chi connectivity index (χ1) is 7.33. The molecule has 1 fully saturated rings. The number of piperidine rings is 1. The molecule has 1 aliphatic heterocycles. The molecule has 0 aliphatic carbocycles. The highest BCUT2D eigenvalue weighted by molar-refractivity contribution is 5.46. The summed E-state index contributed by atoms with van der Waals surface area (Å²) < 4.78 is 5.28. The molecule has 0 aromatic heterocycles. The van der Waals surface area contributed by atoms with E-state index >= 15 is 0 Å². The zero-order valence-corrected chi connectivity index (χ0v) is 8.99. The van der Waals surface area contributed by atoms with Gasteiger partial charge in [-0.2, -0.15) is 0 Å². The number of ether oxygens (including phenoxy) is 1. The van der Waals surface area contributed by atoms with Crippen LogP contribution in [0.1, 0.15) is 30.9 Å². The van der Waals surface area contributed by atoms with Crippen molar-refractivity contribution in [2.45, 2.75) is 25.3 Å². The van der Waals surface area contributed by atoms with Gasteiger partial charge in [-0.15, -0.1) is 0 Å². The average molecular weight is 207 g/mol. The predicted molar refractivity (Wildman–Crippen MR) is 59.3 cm³/mol. The Morgan fingerprint density at radius 1 is 1.40 bits per heavy atom. The van der Waals surface area contributed by atoms with E-state index in [0.717, 1.165) is 24.3 Å². The lowest BCUT2D eigenvalue weighted by Crippen LogP contribution is -2.27. The number of benzene rings is 1. The lowest BCUT2D eigenvalue weighted by molar-refractivity contribution is 0.357. The minimum atomic E-state index is 0.231. The van der Waals surface area contributed by atoms with Crippen LogP contribution in [0, 0.1) is 0 Å². The molecule has 1 saturated heterocycles. The molecule has 1 aliphatic rings. The van der Waals surface area contributed by atoms with Crippen LogP contribution in [-0.4, -0.2) is 18.8 Å². The maximum atomic E-state index is 9.85. The lowest BCUT2D eigenvalue weighted by Gasteiger charge is -2.25. The van der Waals surface area contributed by atoms with Gasteiger partial charge in [0.05, 0.1) is 12.7 Å². The third-order valence-corrected chi connectivity index (χ3v) is 2.92. The zero-order valence-electron chi connectivity index (χ0n) is 8.99. The summed E-state index contributed by atoms with van der Waals surface area (Å²) in [6.45, 7) is 1.02. The Bertz CT molecular complexity index is 332. The summed E-state index contributed by atoms with van der Waals surface area (Å²) in [4.78, 5) is 0. The Balaban J connectivity index is 2.31. The van der Waals surface area contributed by atoms with Crippen LogP contribution >= 0.6 is 0 Å². The Morgan fingerprint density at radius 3 is 2.93 bits per heavy atom. The average Bonchev–Trinajstić information content (AvgIpc) is 2.29. The Morgan fingerprint density at radius 2 is 2.27 bits per heavy atom. The van der Waals surface area contributed by atoms with E-state index in [4.69, 9.17) is 4.74 Å². The topological polar surface area (TPSA) is 41.5 Å². The van der Waals surface area contributed by atoms with Crippen molar-refractivity contribution < 1.29 is 9.84 Å². The summed E-state index contributed by atoms with van der Waals surface area (Å²) >= 11 is 0. The second kappa shape index (κ2) is 4.53. The van der Waals surface area contributed by atoms with Crippen LogP contribution in [0.25, 0.3) is 0 Å². The third-order valence-electron chi connectivity index (χ3n) is 2.92. The molecule has 0 unspecified atom stereocenters. The molecular weight excluding hydrogens is 190 g/mol. The summed E-state index contributed by atoms with van der Waals surface area (Å²) in [5.41, 5.74) is 0.903. The SMILES string of the molecule is COc1cccc(O)c1[C@H]1CCCCN1. The predicted octanol–water partition coefficient (Wildman–Crippen LogP) is 2.22. The van der Waals surface area contributed by atoms with E-state index in [1.165, 1.54) is 12.8 Å². The van der Waals surface area contributed by atoms with Gasteiger partial charge in [0.2, 0.25) is 0 Å². The Kier molecular flexibility index (Phi) is 3.11. The zero-order chi connectivity index (χ0) is 10.7. The quantitative estimate of drug-likeness (QED) is 0.781. The van der Waals surface area contributed by atoms with E-state index in [1.54, 1.807) is 19.2 Å². The molecule has 3 nitrogen and oxygen atoms in total. The molecule has 0 saturated carbocycles. The third kappa shape index (κ3) is 2.07. The molecule has 0 radical (unpaired) electrons. The maximum Gasteiger partial charge on any atom is 0.127 e. The number of methoxy groups -OCH3 is 1. The van der Waals surface area contributed by atoms with Crippen molar-refractivity contribution in [2.24, 2.45) is 0 Å². The molecule has 1 aromatic carbocycles. The van der Waals surface area contributed by atoms with Crippen LogP contribution in [-0.2, 0) is 0 Å². The van der Waals surface area contributed by atoms with Crippen molar-refractivity contribution in [2.75, 3.05) is 13.7 Å². The molecule has 3 heteroatoms. The van der Waals surface area contributed by atoms with Gasteiger partial charge in [-0.3, -0.25) is 0 Å².